The van der Waals surface area contributed by atoms with Crippen molar-refractivity contribution in [3.63, 3.8) is 0 Å². The molecule has 1 fully saturated rings. The maximum atomic E-state index is 12.1. The Hall–Kier alpha value is -2.52. The van der Waals surface area contributed by atoms with Crippen LogP contribution in [0.4, 0.5) is 11.4 Å². The fraction of sp³-hybridized carbons (Fsp3) is 0.556. The molecule has 2 rings (SSSR count). The van der Waals surface area contributed by atoms with Crippen LogP contribution in [0.2, 0.25) is 0 Å². The molecule has 0 radical (unpaired) electrons. The summed E-state index contributed by atoms with van der Waals surface area (Å²) in [5.74, 6) is -0.0801. The van der Waals surface area contributed by atoms with Gasteiger partial charge in [0.2, 0.25) is 11.8 Å². The van der Waals surface area contributed by atoms with Gasteiger partial charge in [0.25, 0.3) is 5.69 Å². The molecule has 0 unspecified atom stereocenters. The summed E-state index contributed by atoms with van der Waals surface area (Å²) in [7, 11) is 0. The maximum Gasteiger partial charge on any atom is 0.269 e. The number of amides is 2. The van der Waals surface area contributed by atoms with Crippen molar-refractivity contribution >= 4 is 23.2 Å². The molecule has 2 amide bonds. The first kappa shape index (κ1) is 20.8. The third kappa shape index (κ3) is 7.32. The van der Waals surface area contributed by atoms with Crippen LogP contribution in [-0.2, 0) is 9.59 Å². The number of nitrogens with one attached hydrogen (secondary N) is 2. The van der Waals surface area contributed by atoms with E-state index in [0.717, 1.165) is 26.2 Å². The number of nitrogens with zero attached hydrogens (tertiary/aromatic N) is 3. The van der Waals surface area contributed by atoms with Gasteiger partial charge in [0.05, 0.1) is 11.5 Å². The average molecular weight is 377 g/mol. The first-order valence-corrected chi connectivity index (χ1v) is 9.12. The predicted octanol–water partition coefficient (Wildman–Crippen LogP) is 1.07. The van der Waals surface area contributed by atoms with Crippen molar-refractivity contribution in [1.29, 1.82) is 0 Å². The van der Waals surface area contributed by atoms with Gasteiger partial charge in [0, 0.05) is 63.0 Å². The lowest BCUT2D eigenvalue weighted by atomic mass is 10.2. The highest BCUT2D eigenvalue weighted by Crippen LogP contribution is 2.15. The van der Waals surface area contributed by atoms with Crippen molar-refractivity contribution in [2.45, 2.75) is 26.3 Å². The van der Waals surface area contributed by atoms with E-state index >= 15 is 0 Å². The number of hydrogen-bond donors (Lipinski definition) is 2. The van der Waals surface area contributed by atoms with Gasteiger partial charge < -0.3 is 15.5 Å². The summed E-state index contributed by atoms with van der Waals surface area (Å²) in [5.41, 5.74) is 0.541. The van der Waals surface area contributed by atoms with E-state index in [0.29, 0.717) is 25.2 Å². The lowest BCUT2D eigenvalue weighted by molar-refractivity contribution is -0.384. The molecule has 27 heavy (non-hydrogen) atoms. The molecule has 1 aliphatic rings. The molecule has 1 heterocycles. The van der Waals surface area contributed by atoms with Crippen molar-refractivity contribution < 1.29 is 14.5 Å². The fourth-order valence-electron chi connectivity index (χ4n) is 2.89. The standard InChI is InChI=1S/C18H27N5O4/c1-14(2)19-18(25)13-22-11-9-21(10-12-22)8-7-17(24)20-15-3-5-16(6-4-15)23(26)27/h3-6,14H,7-13H2,1-2H3,(H,19,25)(H,20,24). The Morgan fingerprint density at radius 2 is 1.67 bits per heavy atom. The number of benzene rings is 1. The number of piperazine rings is 1. The second-order valence-electron chi connectivity index (χ2n) is 6.94. The summed E-state index contributed by atoms with van der Waals surface area (Å²) in [6.07, 6.45) is 0.352. The minimum Gasteiger partial charge on any atom is -0.353 e. The summed E-state index contributed by atoms with van der Waals surface area (Å²) < 4.78 is 0. The number of carbonyl (C=O) groups excluding carboxylic acids is 2. The number of hydrogen-bond acceptors (Lipinski definition) is 6. The summed E-state index contributed by atoms with van der Waals surface area (Å²) in [6.45, 7) is 8.18. The number of rotatable bonds is 8. The van der Waals surface area contributed by atoms with E-state index in [9.17, 15) is 19.7 Å². The molecule has 0 saturated carbocycles. The molecule has 0 aliphatic carbocycles. The second-order valence-corrected chi connectivity index (χ2v) is 6.94. The molecule has 1 aromatic rings. The summed E-state index contributed by atoms with van der Waals surface area (Å²) in [5, 5.41) is 16.3. The molecule has 2 N–H and O–H groups in total. The summed E-state index contributed by atoms with van der Waals surface area (Å²) in [4.78, 5) is 38.3. The quantitative estimate of drug-likeness (QED) is 0.518. The van der Waals surface area contributed by atoms with E-state index in [4.69, 9.17) is 0 Å². The maximum absolute atomic E-state index is 12.1. The van der Waals surface area contributed by atoms with Crippen molar-refractivity contribution in [2.24, 2.45) is 0 Å². The molecule has 0 aromatic heterocycles. The van der Waals surface area contributed by atoms with Gasteiger partial charge in [-0.05, 0) is 26.0 Å². The van der Waals surface area contributed by atoms with Crippen LogP contribution >= 0.6 is 0 Å². The predicted molar refractivity (Wildman–Crippen MR) is 103 cm³/mol. The average Bonchev–Trinajstić information content (AvgIpc) is 2.61. The topological polar surface area (TPSA) is 108 Å². The van der Waals surface area contributed by atoms with Crippen LogP contribution in [0.3, 0.4) is 0 Å². The van der Waals surface area contributed by atoms with Gasteiger partial charge in [-0.3, -0.25) is 24.6 Å². The van der Waals surface area contributed by atoms with Gasteiger partial charge in [-0.25, -0.2) is 0 Å². The summed E-state index contributed by atoms with van der Waals surface area (Å²) >= 11 is 0. The van der Waals surface area contributed by atoms with Gasteiger partial charge >= 0.3 is 0 Å². The zero-order valence-corrected chi connectivity index (χ0v) is 15.8. The Balaban J connectivity index is 1.66. The number of anilines is 1. The molecular formula is C18H27N5O4. The lowest BCUT2D eigenvalue weighted by Gasteiger charge is -2.34. The molecule has 0 bridgehead atoms. The van der Waals surface area contributed by atoms with Crippen molar-refractivity contribution in [2.75, 3.05) is 44.6 Å². The molecule has 148 valence electrons. The Kier molecular flexibility index (Phi) is 7.68. The lowest BCUT2D eigenvalue weighted by Crippen LogP contribution is -2.50. The SMILES string of the molecule is CC(C)NC(=O)CN1CCN(CCC(=O)Nc2ccc([N+](=O)[O-])cc2)CC1. The van der Waals surface area contributed by atoms with Crippen LogP contribution < -0.4 is 10.6 Å². The van der Waals surface area contributed by atoms with Crippen LogP contribution in [0.5, 0.6) is 0 Å². The Labute approximate surface area is 158 Å². The van der Waals surface area contributed by atoms with Crippen LogP contribution in [0.15, 0.2) is 24.3 Å². The van der Waals surface area contributed by atoms with Gasteiger partial charge in [0.1, 0.15) is 0 Å². The van der Waals surface area contributed by atoms with Crippen LogP contribution in [0.1, 0.15) is 20.3 Å². The number of carbonyl (C=O) groups is 2. The van der Waals surface area contributed by atoms with Crippen LogP contribution in [0, 0.1) is 10.1 Å². The van der Waals surface area contributed by atoms with Gasteiger partial charge in [0.15, 0.2) is 0 Å². The fourth-order valence-corrected chi connectivity index (χ4v) is 2.89. The van der Waals surface area contributed by atoms with E-state index in [-0.39, 0.29) is 23.5 Å². The smallest absolute Gasteiger partial charge is 0.269 e. The highest BCUT2D eigenvalue weighted by Gasteiger charge is 2.19. The Morgan fingerprint density at radius 1 is 1.07 bits per heavy atom. The highest BCUT2D eigenvalue weighted by molar-refractivity contribution is 5.90. The van der Waals surface area contributed by atoms with Gasteiger partial charge in [-0.15, -0.1) is 0 Å². The molecule has 9 heteroatoms. The van der Waals surface area contributed by atoms with Crippen molar-refractivity contribution in [1.82, 2.24) is 15.1 Å². The molecule has 1 aliphatic heterocycles. The van der Waals surface area contributed by atoms with Gasteiger partial charge in [-0.2, -0.15) is 0 Å². The largest absolute Gasteiger partial charge is 0.353 e. The van der Waals surface area contributed by atoms with E-state index in [1.807, 2.05) is 13.8 Å². The third-order valence-electron chi connectivity index (χ3n) is 4.30. The molecule has 1 aromatic carbocycles. The van der Waals surface area contributed by atoms with E-state index in [1.165, 1.54) is 24.3 Å². The first-order valence-electron chi connectivity index (χ1n) is 9.12. The number of nitro benzene ring substituents is 1. The second kappa shape index (κ2) is 9.98. The number of non-ortho nitro benzene ring substituents is 1. The first-order chi connectivity index (χ1) is 12.8. The monoisotopic (exact) mass is 377 g/mol. The third-order valence-corrected chi connectivity index (χ3v) is 4.30. The molecule has 1 saturated heterocycles. The molecular weight excluding hydrogens is 350 g/mol. The van der Waals surface area contributed by atoms with Crippen LogP contribution in [-0.4, -0.2) is 71.8 Å². The normalized spacial score (nSPS) is 15.5. The minimum absolute atomic E-state index is 0.00653. The van der Waals surface area contributed by atoms with Gasteiger partial charge in [-0.1, -0.05) is 0 Å². The van der Waals surface area contributed by atoms with Crippen LogP contribution in [0.25, 0.3) is 0 Å². The van der Waals surface area contributed by atoms with E-state index in [1.54, 1.807) is 0 Å². The van der Waals surface area contributed by atoms with Crippen molar-refractivity contribution in [3.05, 3.63) is 34.4 Å². The highest BCUT2D eigenvalue weighted by atomic mass is 16.6. The molecule has 0 spiro atoms. The molecule has 0 atom stereocenters. The van der Waals surface area contributed by atoms with Crippen molar-refractivity contribution in [3.8, 4) is 0 Å². The van der Waals surface area contributed by atoms with E-state index in [2.05, 4.69) is 20.4 Å². The van der Waals surface area contributed by atoms with E-state index < -0.39 is 4.92 Å². The number of nitro groups is 1. The zero-order chi connectivity index (χ0) is 19.8. The Bertz CT molecular complexity index is 654. The molecule has 9 nitrogen and oxygen atoms in total. The Morgan fingerprint density at radius 3 is 2.22 bits per heavy atom. The summed E-state index contributed by atoms with van der Waals surface area (Å²) in [6, 6.07) is 5.93. The zero-order valence-electron chi connectivity index (χ0n) is 15.8. The minimum atomic E-state index is -0.474.